The van der Waals surface area contributed by atoms with E-state index in [1.807, 2.05) is 30.5 Å². The molecule has 1 aromatic carbocycles. The highest BCUT2D eigenvalue weighted by atomic mass is 16.1. The van der Waals surface area contributed by atoms with Crippen LogP contribution in [0.5, 0.6) is 0 Å². The number of nitrogens with zero attached hydrogens (tertiary/aromatic N) is 7. The van der Waals surface area contributed by atoms with Gasteiger partial charge in [0.15, 0.2) is 5.65 Å². The molecule has 0 radical (unpaired) electrons. The molecule has 0 unspecified atom stereocenters. The number of rotatable bonds is 3. The number of nitrogens with one attached hydrogen (secondary N) is 1. The molecule has 9 nitrogen and oxygen atoms in total. The van der Waals surface area contributed by atoms with Crippen molar-refractivity contribution in [1.82, 2.24) is 34.2 Å². The van der Waals surface area contributed by atoms with E-state index >= 15 is 0 Å². The lowest BCUT2D eigenvalue weighted by Crippen LogP contribution is -2.12. The Bertz CT molecular complexity index is 1430. The number of aryl methyl sites for hydroxylation is 2. The van der Waals surface area contributed by atoms with Gasteiger partial charge in [-0.05, 0) is 43.9 Å². The van der Waals surface area contributed by atoms with Crippen LogP contribution >= 0.6 is 0 Å². The van der Waals surface area contributed by atoms with E-state index in [1.54, 1.807) is 23.0 Å². The molecule has 152 valence electrons. The SMILES string of the molecule is O=C(Nc1ccc(-c2cn3c4c(nnc3n2)CCCC4)cc1)c1cnn2cccnc12. The molecule has 1 amide bonds. The van der Waals surface area contributed by atoms with Crippen molar-refractivity contribution in [2.24, 2.45) is 0 Å². The summed E-state index contributed by atoms with van der Waals surface area (Å²) in [5.74, 6) is 0.365. The zero-order chi connectivity index (χ0) is 20.8. The van der Waals surface area contributed by atoms with E-state index < -0.39 is 0 Å². The van der Waals surface area contributed by atoms with Crippen molar-refractivity contribution in [2.75, 3.05) is 5.32 Å². The Morgan fingerprint density at radius 1 is 1.06 bits per heavy atom. The molecule has 0 fully saturated rings. The number of aromatic nitrogens is 7. The summed E-state index contributed by atoms with van der Waals surface area (Å²) in [6.07, 6.45) is 11.2. The van der Waals surface area contributed by atoms with Crippen LogP contribution in [-0.2, 0) is 12.8 Å². The molecule has 4 aromatic heterocycles. The number of fused-ring (bicyclic) bond motifs is 4. The van der Waals surface area contributed by atoms with Crippen LogP contribution in [0.15, 0.2) is 55.1 Å². The number of carbonyl (C=O) groups is 1. The van der Waals surface area contributed by atoms with Crippen molar-refractivity contribution in [2.45, 2.75) is 25.7 Å². The lowest BCUT2D eigenvalue weighted by atomic mass is 10.0. The molecule has 0 bridgehead atoms. The van der Waals surface area contributed by atoms with Crippen LogP contribution in [0.25, 0.3) is 22.7 Å². The quantitative estimate of drug-likeness (QED) is 0.491. The van der Waals surface area contributed by atoms with Gasteiger partial charge in [0.05, 0.1) is 17.6 Å². The first-order valence-electron chi connectivity index (χ1n) is 10.2. The lowest BCUT2D eigenvalue weighted by Gasteiger charge is -2.14. The van der Waals surface area contributed by atoms with Crippen molar-refractivity contribution >= 4 is 23.0 Å². The maximum absolute atomic E-state index is 12.7. The van der Waals surface area contributed by atoms with Crippen LogP contribution in [0.1, 0.15) is 34.6 Å². The highest BCUT2D eigenvalue weighted by Crippen LogP contribution is 2.25. The molecule has 31 heavy (non-hydrogen) atoms. The van der Waals surface area contributed by atoms with Crippen molar-refractivity contribution in [3.05, 3.63) is 72.1 Å². The van der Waals surface area contributed by atoms with Gasteiger partial charge in [-0.25, -0.2) is 14.5 Å². The number of hydrogen-bond acceptors (Lipinski definition) is 6. The first-order chi connectivity index (χ1) is 15.3. The van der Waals surface area contributed by atoms with E-state index in [9.17, 15) is 4.79 Å². The van der Waals surface area contributed by atoms with Gasteiger partial charge >= 0.3 is 0 Å². The van der Waals surface area contributed by atoms with Gasteiger partial charge < -0.3 is 5.32 Å². The van der Waals surface area contributed by atoms with Crippen molar-refractivity contribution in [1.29, 1.82) is 0 Å². The molecule has 1 aliphatic rings. The molecule has 4 heterocycles. The summed E-state index contributed by atoms with van der Waals surface area (Å²) in [5.41, 5.74) is 5.69. The minimum Gasteiger partial charge on any atom is -0.322 e. The van der Waals surface area contributed by atoms with E-state index in [0.717, 1.165) is 42.6 Å². The molecule has 6 rings (SSSR count). The number of carbonyl (C=O) groups excluding carboxylic acids is 1. The number of imidazole rings is 1. The third-order valence-electron chi connectivity index (χ3n) is 5.61. The second-order valence-corrected chi connectivity index (χ2v) is 7.57. The zero-order valence-corrected chi connectivity index (χ0v) is 16.6. The Kier molecular flexibility index (Phi) is 3.98. The number of amides is 1. The summed E-state index contributed by atoms with van der Waals surface area (Å²) in [6.45, 7) is 0. The van der Waals surface area contributed by atoms with Gasteiger partial charge in [0.2, 0.25) is 0 Å². The van der Waals surface area contributed by atoms with E-state index in [0.29, 0.717) is 22.7 Å². The molecule has 1 aliphatic carbocycles. The van der Waals surface area contributed by atoms with E-state index in [4.69, 9.17) is 0 Å². The summed E-state index contributed by atoms with van der Waals surface area (Å²) in [7, 11) is 0. The fraction of sp³-hybridized carbons (Fsp3) is 0.182. The highest BCUT2D eigenvalue weighted by molar-refractivity contribution is 6.08. The highest BCUT2D eigenvalue weighted by Gasteiger charge is 2.17. The number of benzene rings is 1. The fourth-order valence-electron chi connectivity index (χ4n) is 4.03. The molecule has 0 aliphatic heterocycles. The summed E-state index contributed by atoms with van der Waals surface area (Å²) in [6, 6.07) is 9.35. The topological polar surface area (TPSA) is 102 Å². The molecule has 9 heteroatoms. The zero-order valence-electron chi connectivity index (χ0n) is 16.6. The maximum atomic E-state index is 12.7. The predicted octanol–water partition coefficient (Wildman–Crippen LogP) is 2.97. The van der Waals surface area contributed by atoms with Gasteiger partial charge in [0.25, 0.3) is 11.7 Å². The number of hydrogen-bond donors (Lipinski definition) is 1. The van der Waals surface area contributed by atoms with Crippen LogP contribution in [0.4, 0.5) is 5.69 Å². The van der Waals surface area contributed by atoms with Gasteiger partial charge in [-0.1, -0.05) is 12.1 Å². The molecule has 0 saturated carbocycles. The summed E-state index contributed by atoms with van der Waals surface area (Å²) in [4.78, 5) is 21.5. The first kappa shape index (κ1) is 17.7. The fourth-order valence-corrected chi connectivity index (χ4v) is 4.03. The lowest BCUT2D eigenvalue weighted by molar-refractivity contribution is 0.102. The molecule has 0 spiro atoms. The van der Waals surface area contributed by atoms with E-state index in [-0.39, 0.29) is 5.91 Å². The minimum absolute atomic E-state index is 0.254. The van der Waals surface area contributed by atoms with Crippen molar-refractivity contribution in [3.63, 3.8) is 0 Å². The minimum atomic E-state index is -0.254. The number of anilines is 1. The standard InChI is InChI=1S/C22H18N8O/c31-21(16-12-24-30-11-3-10-23-20(16)30)25-15-8-6-14(7-9-15)18-13-29-19-5-2-1-4-17(19)27-28-22(29)26-18/h3,6-13H,1-2,4-5H2,(H,25,31). The Balaban J connectivity index is 1.26. The normalized spacial score (nSPS) is 13.4. The molecule has 0 saturated heterocycles. The average molecular weight is 410 g/mol. The Labute approximate surface area is 176 Å². The Morgan fingerprint density at radius 2 is 1.94 bits per heavy atom. The molecule has 5 aromatic rings. The van der Waals surface area contributed by atoms with Gasteiger partial charge in [-0.3, -0.25) is 9.20 Å². The third-order valence-corrected chi connectivity index (χ3v) is 5.61. The molecule has 0 atom stereocenters. The van der Waals surface area contributed by atoms with Crippen LogP contribution in [0.3, 0.4) is 0 Å². The van der Waals surface area contributed by atoms with Gasteiger partial charge in [-0.2, -0.15) is 10.2 Å². The van der Waals surface area contributed by atoms with Gasteiger partial charge in [0, 0.05) is 35.5 Å². The van der Waals surface area contributed by atoms with Crippen molar-refractivity contribution < 1.29 is 4.79 Å². The van der Waals surface area contributed by atoms with E-state index in [2.05, 4.69) is 35.0 Å². The van der Waals surface area contributed by atoms with E-state index in [1.165, 1.54) is 11.9 Å². The first-order valence-corrected chi connectivity index (χ1v) is 10.2. The van der Waals surface area contributed by atoms with Crippen molar-refractivity contribution in [3.8, 4) is 11.3 Å². The Hall–Kier alpha value is -4.14. The Morgan fingerprint density at radius 3 is 2.84 bits per heavy atom. The van der Waals surface area contributed by atoms with Gasteiger partial charge in [-0.15, -0.1) is 5.10 Å². The molecule has 1 N–H and O–H groups in total. The third kappa shape index (κ3) is 3.02. The second-order valence-electron chi connectivity index (χ2n) is 7.57. The summed E-state index contributed by atoms with van der Waals surface area (Å²) >= 11 is 0. The molecular formula is C22H18N8O. The smallest absolute Gasteiger partial charge is 0.261 e. The summed E-state index contributed by atoms with van der Waals surface area (Å²) in [5, 5.41) is 15.7. The predicted molar refractivity (Wildman–Crippen MR) is 114 cm³/mol. The molecular weight excluding hydrogens is 392 g/mol. The van der Waals surface area contributed by atoms with Crippen LogP contribution in [-0.4, -0.2) is 40.1 Å². The second kappa shape index (κ2) is 6.98. The largest absolute Gasteiger partial charge is 0.322 e. The van der Waals surface area contributed by atoms with Crippen LogP contribution in [0, 0.1) is 0 Å². The maximum Gasteiger partial charge on any atom is 0.261 e. The summed E-state index contributed by atoms with van der Waals surface area (Å²) < 4.78 is 3.63. The van der Waals surface area contributed by atoms with Crippen LogP contribution in [0.2, 0.25) is 0 Å². The monoisotopic (exact) mass is 410 g/mol. The van der Waals surface area contributed by atoms with Gasteiger partial charge in [0.1, 0.15) is 5.56 Å². The van der Waals surface area contributed by atoms with Crippen LogP contribution < -0.4 is 5.32 Å². The average Bonchev–Trinajstić information content (AvgIpc) is 3.44.